The molecule has 1 rings (SSSR count). The fourth-order valence-corrected chi connectivity index (χ4v) is 5.39. The monoisotopic (exact) mass is 666 g/mol. The van der Waals surface area contributed by atoms with Crippen LogP contribution in [0.25, 0.3) is 0 Å². The molecule has 0 radical (unpaired) electrons. The summed E-state index contributed by atoms with van der Waals surface area (Å²) in [4.78, 5) is 24.0. The number of esters is 1. The highest BCUT2D eigenvalue weighted by atomic mass is 127. The summed E-state index contributed by atoms with van der Waals surface area (Å²) < 4.78 is 30.2. The van der Waals surface area contributed by atoms with E-state index in [9.17, 15) is 14.3 Å². The second-order valence-electron chi connectivity index (χ2n) is 7.86. The van der Waals surface area contributed by atoms with Crippen LogP contribution in [0.1, 0.15) is 12.5 Å². The summed E-state index contributed by atoms with van der Waals surface area (Å²) in [5.74, 6) is -0.615. The summed E-state index contributed by atoms with van der Waals surface area (Å²) in [6.07, 6.45) is -0.963. The molecule has 0 aliphatic heterocycles. The van der Waals surface area contributed by atoms with E-state index >= 15 is 0 Å². The number of aryl methyl sites for hydroxylation is 1. The van der Waals surface area contributed by atoms with E-state index in [1.54, 1.807) is 0 Å². The zero-order valence-corrected chi connectivity index (χ0v) is 23.1. The highest BCUT2D eigenvalue weighted by Gasteiger charge is 2.22. The summed E-state index contributed by atoms with van der Waals surface area (Å²) >= 11 is 4.44. The number of carbonyl (C=O) groups is 1. The molecular formula is C19H29I2N2O6P. The van der Waals surface area contributed by atoms with Crippen molar-refractivity contribution in [2.75, 3.05) is 52.8 Å². The van der Waals surface area contributed by atoms with Crippen molar-refractivity contribution < 1.29 is 32.5 Å². The molecule has 1 aromatic rings. The molecule has 0 aliphatic carbocycles. The van der Waals surface area contributed by atoms with Crippen molar-refractivity contribution >= 4 is 64.7 Å². The Kier molecular flexibility index (Phi) is 11.2. The Morgan fingerprint density at radius 3 is 2.50 bits per heavy atom. The minimum absolute atomic E-state index is 0.00981. The second-order valence-corrected chi connectivity index (χ2v) is 11.6. The SMILES string of the molecule is C=C(C)C(=O)OCC(CNc1c(C)cc(I)cc1I)OP(=O)([O-])OCC[N+](C)(C)C. The first-order valence-corrected chi connectivity index (χ1v) is 12.8. The molecule has 1 N–H and O–H groups in total. The van der Waals surface area contributed by atoms with Gasteiger partial charge in [-0.05, 0) is 76.7 Å². The van der Waals surface area contributed by atoms with E-state index < -0.39 is 19.9 Å². The summed E-state index contributed by atoms with van der Waals surface area (Å²) in [7, 11) is 1.19. The fraction of sp³-hybridized carbons (Fsp3) is 0.526. The Morgan fingerprint density at radius 2 is 1.97 bits per heavy atom. The van der Waals surface area contributed by atoms with Crippen molar-refractivity contribution in [3.05, 3.63) is 37.0 Å². The smallest absolute Gasteiger partial charge is 0.333 e. The molecule has 0 spiro atoms. The van der Waals surface area contributed by atoms with Crippen LogP contribution in [0, 0.1) is 14.1 Å². The molecule has 11 heteroatoms. The van der Waals surface area contributed by atoms with Gasteiger partial charge >= 0.3 is 5.97 Å². The number of hydrogen-bond donors (Lipinski definition) is 1. The number of carbonyl (C=O) groups excluding carboxylic acids is 1. The molecule has 0 amide bonds. The molecular weight excluding hydrogens is 637 g/mol. The van der Waals surface area contributed by atoms with Crippen molar-refractivity contribution in [3.63, 3.8) is 0 Å². The molecule has 0 heterocycles. The minimum atomic E-state index is -4.59. The molecule has 2 unspecified atom stereocenters. The molecule has 0 saturated carbocycles. The number of phosphoric ester groups is 1. The normalized spacial score (nSPS) is 14.7. The quantitative estimate of drug-likeness (QED) is 0.120. The van der Waals surface area contributed by atoms with Gasteiger partial charge in [0.2, 0.25) is 0 Å². The van der Waals surface area contributed by atoms with Crippen LogP contribution in [-0.2, 0) is 23.1 Å². The van der Waals surface area contributed by atoms with Gasteiger partial charge in [-0.15, -0.1) is 0 Å². The molecule has 0 fully saturated rings. The van der Waals surface area contributed by atoms with E-state index in [2.05, 4.69) is 57.1 Å². The van der Waals surface area contributed by atoms with Crippen LogP contribution in [0.3, 0.4) is 0 Å². The molecule has 170 valence electrons. The number of hydrogen-bond acceptors (Lipinski definition) is 7. The number of nitrogens with zero attached hydrogens (tertiary/aromatic N) is 1. The Balaban J connectivity index is 2.85. The predicted molar refractivity (Wildman–Crippen MR) is 132 cm³/mol. The molecule has 30 heavy (non-hydrogen) atoms. The highest BCUT2D eigenvalue weighted by molar-refractivity contribution is 14.1. The second kappa shape index (κ2) is 12.1. The van der Waals surface area contributed by atoms with Crippen molar-refractivity contribution in [1.29, 1.82) is 0 Å². The van der Waals surface area contributed by atoms with E-state index in [4.69, 9.17) is 13.8 Å². The van der Waals surface area contributed by atoms with E-state index in [-0.39, 0.29) is 25.3 Å². The van der Waals surface area contributed by atoms with E-state index in [0.29, 0.717) is 11.0 Å². The van der Waals surface area contributed by atoms with Gasteiger partial charge in [0, 0.05) is 19.3 Å². The maximum absolute atomic E-state index is 12.3. The van der Waals surface area contributed by atoms with Crippen LogP contribution in [0.4, 0.5) is 5.69 Å². The number of nitrogens with one attached hydrogen (secondary N) is 1. The first-order valence-electron chi connectivity index (χ1n) is 9.17. The number of ether oxygens (including phenoxy) is 1. The lowest BCUT2D eigenvalue weighted by molar-refractivity contribution is -0.870. The first kappa shape index (κ1) is 27.8. The van der Waals surface area contributed by atoms with Gasteiger partial charge in [-0.25, -0.2) is 4.79 Å². The van der Waals surface area contributed by atoms with E-state index in [1.165, 1.54) is 6.92 Å². The third kappa shape index (κ3) is 10.9. The molecule has 0 saturated heterocycles. The Morgan fingerprint density at radius 1 is 1.33 bits per heavy atom. The van der Waals surface area contributed by atoms with Gasteiger partial charge in [-0.3, -0.25) is 4.57 Å². The van der Waals surface area contributed by atoms with E-state index in [1.807, 2.05) is 40.2 Å². The third-order valence-electron chi connectivity index (χ3n) is 3.80. The third-order valence-corrected chi connectivity index (χ3v) is 6.33. The average Bonchev–Trinajstić information content (AvgIpc) is 2.56. The van der Waals surface area contributed by atoms with E-state index in [0.717, 1.165) is 18.4 Å². The number of phosphoric acid groups is 1. The average molecular weight is 666 g/mol. The van der Waals surface area contributed by atoms with Gasteiger partial charge in [-0.2, -0.15) is 0 Å². The van der Waals surface area contributed by atoms with Gasteiger partial charge < -0.3 is 28.5 Å². The van der Waals surface area contributed by atoms with Crippen molar-refractivity contribution in [3.8, 4) is 0 Å². The number of quaternary nitrogens is 1. The Bertz CT molecular complexity index is 790. The predicted octanol–water partition coefficient (Wildman–Crippen LogP) is 3.31. The minimum Gasteiger partial charge on any atom is -0.756 e. The topological polar surface area (TPSA) is 96.9 Å². The zero-order valence-electron chi connectivity index (χ0n) is 17.9. The van der Waals surface area contributed by atoms with Gasteiger partial charge in [0.25, 0.3) is 7.82 Å². The number of halogens is 2. The molecule has 8 nitrogen and oxygen atoms in total. The number of benzene rings is 1. The number of anilines is 1. The highest BCUT2D eigenvalue weighted by Crippen LogP contribution is 2.40. The lowest BCUT2D eigenvalue weighted by Crippen LogP contribution is -2.38. The molecule has 1 aromatic carbocycles. The standard InChI is InChI=1S/C19H29I2N2O6P/c1-13(2)19(24)27-12-16(29-30(25,26)28-8-7-23(4,5)6)11-22-18-14(3)9-15(20)10-17(18)21/h9-10,16,22H,1,7-8,11-12H2,2-6H3. The largest absolute Gasteiger partial charge is 0.756 e. The summed E-state index contributed by atoms with van der Waals surface area (Å²) in [6.45, 7) is 7.31. The van der Waals surface area contributed by atoms with Crippen LogP contribution in [-0.4, -0.2) is 64.0 Å². The molecule has 2 atom stereocenters. The van der Waals surface area contributed by atoms with Gasteiger partial charge in [0.15, 0.2) is 0 Å². The van der Waals surface area contributed by atoms with Gasteiger partial charge in [-0.1, -0.05) is 6.58 Å². The lowest BCUT2D eigenvalue weighted by atomic mass is 10.2. The Hall–Kier alpha value is -0.240. The van der Waals surface area contributed by atoms with Gasteiger partial charge in [0.1, 0.15) is 25.9 Å². The van der Waals surface area contributed by atoms with Crippen molar-refractivity contribution in [2.24, 2.45) is 0 Å². The fourth-order valence-electron chi connectivity index (χ4n) is 2.20. The molecule has 0 aliphatic rings. The Labute approximate surface area is 205 Å². The van der Waals surface area contributed by atoms with Crippen LogP contribution in [0.15, 0.2) is 24.3 Å². The van der Waals surface area contributed by atoms with Crippen molar-refractivity contribution in [2.45, 2.75) is 20.0 Å². The molecule has 0 bridgehead atoms. The van der Waals surface area contributed by atoms with Gasteiger partial charge in [0.05, 0.1) is 26.8 Å². The summed E-state index contributed by atoms with van der Waals surface area (Å²) in [5, 5.41) is 3.20. The van der Waals surface area contributed by atoms with Crippen LogP contribution in [0.5, 0.6) is 0 Å². The molecule has 0 aromatic heterocycles. The summed E-state index contributed by atoms with van der Waals surface area (Å²) in [5.41, 5.74) is 2.09. The number of likely N-dealkylation sites (N-methyl/N-ethyl adjacent to an activating group) is 1. The summed E-state index contributed by atoms with van der Waals surface area (Å²) in [6, 6.07) is 4.01. The van der Waals surface area contributed by atoms with Crippen LogP contribution >= 0.6 is 53.0 Å². The van der Waals surface area contributed by atoms with Crippen molar-refractivity contribution in [1.82, 2.24) is 0 Å². The maximum Gasteiger partial charge on any atom is 0.333 e. The lowest BCUT2D eigenvalue weighted by Gasteiger charge is -2.30. The van der Waals surface area contributed by atoms with Crippen LogP contribution < -0.4 is 10.2 Å². The van der Waals surface area contributed by atoms with Crippen LogP contribution in [0.2, 0.25) is 0 Å². The first-order chi connectivity index (χ1) is 13.7. The maximum atomic E-state index is 12.3. The number of rotatable bonds is 12. The zero-order chi connectivity index (χ0) is 23.1.